The lowest BCUT2D eigenvalue weighted by molar-refractivity contribution is 0.289. The van der Waals surface area contributed by atoms with E-state index in [9.17, 15) is 0 Å². The Morgan fingerprint density at radius 1 is 1.62 bits per heavy atom. The van der Waals surface area contributed by atoms with Crippen LogP contribution in [-0.4, -0.2) is 26.9 Å². The molecule has 0 amide bonds. The van der Waals surface area contributed by atoms with Gasteiger partial charge < -0.3 is 5.11 Å². The number of nitrogens with zero attached hydrogens (tertiary/aromatic N) is 2. The molecule has 1 aromatic rings. The molecule has 0 saturated carbocycles. The third kappa shape index (κ3) is 3.93. The van der Waals surface area contributed by atoms with E-state index in [4.69, 9.17) is 16.7 Å². The second kappa shape index (κ2) is 5.42. The largest absolute Gasteiger partial charge is 0.396 e. The Morgan fingerprint density at radius 2 is 2.38 bits per heavy atom. The number of aliphatic hydroxyl groups excluding tert-OH is 1. The number of rotatable bonds is 4. The minimum absolute atomic E-state index is 0.197. The summed E-state index contributed by atoms with van der Waals surface area (Å²) in [6, 6.07) is 0. The summed E-state index contributed by atoms with van der Waals surface area (Å²) in [4.78, 5) is 8.00. The van der Waals surface area contributed by atoms with Crippen molar-refractivity contribution in [3.05, 3.63) is 17.5 Å². The van der Waals surface area contributed by atoms with Crippen molar-refractivity contribution in [2.45, 2.75) is 23.6 Å². The maximum Gasteiger partial charge on any atom is 0.148 e. The van der Waals surface area contributed by atoms with Crippen LogP contribution in [0.4, 0.5) is 0 Å². The van der Waals surface area contributed by atoms with Gasteiger partial charge in [-0.2, -0.15) is 0 Å². The Labute approximate surface area is 86.6 Å². The zero-order valence-corrected chi connectivity index (χ0v) is 8.85. The molecule has 3 nitrogen and oxygen atoms in total. The number of halogens is 1. The van der Waals surface area contributed by atoms with Gasteiger partial charge in [-0.3, -0.25) is 4.98 Å². The summed E-state index contributed by atoms with van der Waals surface area (Å²) in [7, 11) is 0. The van der Waals surface area contributed by atoms with Crippen molar-refractivity contribution in [1.82, 2.24) is 9.97 Å². The van der Waals surface area contributed by atoms with Gasteiger partial charge in [-0.15, -0.1) is 11.8 Å². The van der Waals surface area contributed by atoms with Crippen molar-refractivity contribution in [2.24, 2.45) is 0 Å². The molecular formula is C8H11ClN2OS. The Bertz CT molecular complexity index is 272. The van der Waals surface area contributed by atoms with Crippen molar-refractivity contribution < 1.29 is 5.11 Å². The van der Waals surface area contributed by atoms with E-state index in [1.165, 1.54) is 6.20 Å². The second-order valence-corrected chi connectivity index (χ2v) is 4.47. The topological polar surface area (TPSA) is 46.0 Å². The molecule has 1 atom stereocenters. The van der Waals surface area contributed by atoms with E-state index in [0.717, 1.165) is 11.4 Å². The molecule has 0 fully saturated rings. The van der Waals surface area contributed by atoms with Crippen molar-refractivity contribution >= 4 is 23.4 Å². The Balaban J connectivity index is 2.53. The molecule has 0 aromatic carbocycles. The van der Waals surface area contributed by atoms with Gasteiger partial charge in [0, 0.05) is 11.9 Å². The lowest BCUT2D eigenvalue weighted by Crippen LogP contribution is -1.99. The van der Waals surface area contributed by atoms with E-state index < -0.39 is 0 Å². The smallest absolute Gasteiger partial charge is 0.148 e. The molecule has 5 heteroatoms. The quantitative estimate of drug-likeness (QED) is 0.786. The first kappa shape index (κ1) is 10.8. The normalized spacial score (nSPS) is 12.8. The predicted octanol–water partition coefficient (Wildman–Crippen LogP) is 1.99. The van der Waals surface area contributed by atoms with Crippen LogP contribution in [0.2, 0.25) is 5.15 Å². The van der Waals surface area contributed by atoms with E-state index in [0.29, 0.717) is 10.4 Å². The Morgan fingerprint density at radius 3 is 3.00 bits per heavy atom. The Kier molecular flexibility index (Phi) is 4.48. The van der Waals surface area contributed by atoms with E-state index in [1.807, 2.05) is 6.92 Å². The second-order valence-electron chi connectivity index (χ2n) is 2.62. The van der Waals surface area contributed by atoms with Crippen LogP contribution in [0.5, 0.6) is 0 Å². The highest BCUT2D eigenvalue weighted by Gasteiger charge is 2.05. The van der Waals surface area contributed by atoms with Gasteiger partial charge >= 0.3 is 0 Å². The minimum atomic E-state index is 0.197. The molecule has 13 heavy (non-hydrogen) atoms. The highest BCUT2D eigenvalue weighted by molar-refractivity contribution is 7.99. The van der Waals surface area contributed by atoms with E-state index in [2.05, 4.69) is 9.97 Å². The molecule has 0 aliphatic heterocycles. The van der Waals surface area contributed by atoms with Crippen LogP contribution in [0.25, 0.3) is 0 Å². The van der Waals surface area contributed by atoms with Crippen molar-refractivity contribution in [1.29, 1.82) is 0 Å². The molecule has 0 aliphatic carbocycles. The zero-order chi connectivity index (χ0) is 9.68. The fourth-order valence-corrected chi connectivity index (χ4v) is 1.93. The first-order valence-electron chi connectivity index (χ1n) is 3.97. The molecule has 0 spiro atoms. The molecule has 0 aliphatic rings. The van der Waals surface area contributed by atoms with Gasteiger partial charge in [0.15, 0.2) is 0 Å². The van der Waals surface area contributed by atoms with Crippen molar-refractivity contribution in [3.8, 4) is 0 Å². The van der Waals surface area contributed by atoms with Gasteiger partial charge in [0.1, 0.15) is 10.2 Å². The maximum atomic E-state index is 8.69. The zero-order valence-electron chi connectivity index (χ0n) is 7.27. The summed E-state index contributed by atoms with van der Waals surface area (Å²) in [5.41, 5.74) is 0. The van der Waals surface area contributed by atoms with Crippen LogP contribution in [0.3, 0.4) is 0 Å². The third-order valence-corrected chi connectivity index (χ3v) is 2.70. The fraction of sp³-hybridized carbons (Fsp3) is 0.500. The van der Waals surface area contributed by atoms with Gasteiger partial charge in [-0.05, 0) is 6.42 Å². The van der Waals surface area contributed by atoms with Gasteiger partial charge in [0.2, 0.25) is 0 Å². The monoisotopic (exact) mass is 218 g/mol. The Hall–Kier alpha value is -0.320. The lowest BCUT2D eigenvalue weighted by atomic mass is 10.3. The molecule has 72 valence electrons. The molecule has 0 radical (unpaired) electrons. The highest BCUT2D eigenvalue weighted by Crippen LogP contribution is 2.23. The van der Waals surface area contributed by atoms with E-state index in [-0.39, 0.29) is 6.61 Å². The third-order valence-electron chi connectivity index (χ3n) is 1.44. The minimum Gasteiger partial charge on any atom is -0.396 e. The van der Waals surface area contributed by atoms with Crippen LogP contribution in [0.1, 0.15) is 13.3 Å². The van der Waals surface area contributed by atoms with Crippen LogP contribution >= 0.6 is 23.4 Å². The van der Waals surface area contributed by atoms with Crippen LogP contribution in [-0.2, 0) is 0 Å². The standard InChI is InChI=1S/C8H11ClN2OS/c1-6(2-3-12)13-8-5-10-4-7(9)11-8/h4-6,12H,2-3H2,1H3. The first-order valence-corrected chi connectivity index (χ1v) is 5.23. The van der Waals surface area contributed by atoms with E-state index >= 15 is 0 Å². The number of hydrogen-bond donors (Lipinski definition) is 1. The molecular weight excluding hydrogens is 208 g/mol. The molecule has 1 N–H and O–H groups in total. The van der Waals surface area contributed by atoms with Gasteiger partial charge in [-0.1, -0.05) is 18.5 Å². The average Bonchev–Trinajstić information content (AvgIpc) is 2.04. The lowest BCUT2D eigenvalue weighted by Gasteiger charge is -2.07. The summed E-state index contributed by atoms with van der Waals surface area (Å²) in [6.45, 7) is 2.23. The molecule has 0 saturated heterocycles. The summed E-state index contributed by atoms with van der Waals surface area (Å²) in [6.07, 6.45) is 3.92. The van der Waals surface area contributed by atoms with E-state index in [1.54, 1.807) is 18.0 Å². The van der Waals surface area contributed by atoms with Crippen molar-refractivity contribution in [2.75, 3.05) is 6.61 Å². The van der Waals surface area contributed by atoms with Crippen LogP contribution in [0.15, 0.2) is 17.4 Å². The van der Waals surface area contributed by atoms with Crippen LogP contribution in [0, 0.1) is 0 Å². The summed E-state index contributed by atoms with van der Waals surface area (Å²) in [5, 5.41) is 10.2. The summed E-state index contributed by atoms with van der Waals surface area (Å²) < 4.78 is 0. The van der Waals surface area contributed by atoms with Gasteiger partial charge in [-0.25, -0.2) is 4.98 Å². The molecule has 1 unspecified atom stereocenters. The first-order chi connectivity index (χ1) is 6.22. The molecule has 1 aromatic heterocycles. The maximum absolute atomic E-state index is 8.69. The number of aliphatic hydroxyl groups is 1. The molecule has 1 heterocycles. The molecule has 0 bridgehead atoms. The summed E-state index contributed by atoms with van der Waals surface area (Å²) in [5.74, 6) is 0. The summed E-state index contributed by atoms with van der Waals surface area (Å²) >= 11 is 7.23. The number of thioether (sulfide) groups is 1. The highest BCUT2D eigenvalue weighted by atomic mass is 35.5. The number of hydrogen-bond acceptors (Lipinski definition) is 4. The van der Waals surface area contributed by atoms with Gasteiger partial charge in [0.05, 0.1) is 12.4 Å². The predicted molar refractivity (Wildman–Crippen MR) is 54.1 cm³/mol. The fourth-order valence-electron chi connectivity index (χ4n) is 0.829. The van der Waals surface area contributed by atoms with Crippen molar-refractivity contribution in [3.63, 3.8) is 0 Å². The number of aromatic nitrogens is 2. The molecule has 1 rings (SSSR count). The average molecular weight is 219 g/mol. The van der Waals surface area contributed by atoms with Gasteiger partial charge in [0.25, 0.3) is 0 Å². The SMILES string of the molecule is CC(CCO)Sc1cncc(Cl)n1. The van der Waals surface area contributed by atoms with Crippen LogP contribution < -0.4 is 0 Å².